The maximum Gasteiger partial charge on any atom is 0.334 e. The van der Waals surface area contributed by atoms with Crippen molar-refractivity contribution in [3.8, 4) is 0 Å². The van der Waals surface area contributed by atoms with Crippen LogP contribution in [-0.2, 0) is 16.1 Å². The number of carbonyl (C=O) groups is 3. The fourth-order valence-corrected chi connectivity index (χ4v) is 5.87. The van der Waals surface area contributed by atoms with E-state index >= 15 is 0 Å². The summed E-state index contributed by atoms with van der Waals surface area (Å²) < 4.78 is 0. The van der Waals surface area contributed by atoms with Gasteiger partial charge in [0.2, 0.25) is 11.8 Å². The molecule has 1 N–H and O–H groups in total. The number of nitrogens with zero attached hydrogens (tertiary/aromatic N) is 4. The van der Waals surface area contributed by atoms with Crippen molar-refractivity contribution in [1.82, 2.24) is 25.1 Å². The standard InChI is InChI=1S/C32H37N5O3/c1-23(2)30-31(39)35(20-27(25-15-9-5-10-16-25)26-17-11-6-12-18-26)21-28-36(30)29(38)22-34(3)37(28)32(40)33-19-24-13-7-4-8-14-24/h4-18,23,27-28,30H,19-22H2,1-3H3,(H,33,40)/t28-,30-/m0/s1. The molecule has 2 atom stereocenters. The van der Waals surface area contributed by atoms with Crippen LogP contribution in [0.15, 0.2) is 91.0 Å². The quantitative estimate of drug-likeness (QED) is 0.494. The Morgan fingerprint density at radius 1 is 0.875 bits per heavy atom. The van der Waals surface area contributed by atoms with E-state index in [-0.39, 0.29) is 42.8 Å². The average molecular weight is 540 g/mol. The SMILES string of the molecule is CC(C)[C@H]1C(=O)N(CC(c2ccccc2)c2ccccc2)C[C@H]2N1C(=O)CN(C)N2C(=O)NCc1ccccc1. The Hall–Kier alpha value is -4.17. The molecule has 0 aromatic heterocycles. The van der Waals surface area contributed by atoms with Gasteiger partial charge >= 0.3 is 6.03 Å². The molecular weight excluding hydrogens is 502 g/mol. The molecule has 4 amide bonds. The van der Waals surface area contributed by atoms with E-state index in [4.69, 9.17) is 0 Å². The highest BCUT2D eigenvalue weighted by atomic mass is 16.2. The first-order valence-electron chi connectivity index (χ1n) is 13.9. The number of hydrogen-bond acceptors (Lipinski definition) is 4. The number of hydrogen-bond donors (Lipinski definition) is 1. The van der Waals surface area contributed by atoms with Crippen LogP contribution in [0.25, 0.3) is 0 Å². The van der Waals surface area contributed by atoms with Crippen LogP contribution in [0.2, 0.25) is 0 Å². The molecular formula is C32H37N5O3. The Bertz CT molecular complexity index is 1280. The summed E-state index contributed by atoms with van der Waals surface area (Å²) in [6.45, 7) is 4.99. The predicted molar refractivity (Wildman–Crippen MR) is 154 cm³/mol. The molecule has 2 fully saturated rings. The van der Waals surface area contributed by atoms with Crippen LogP contribution in [0.3, 0.4) is 0 Å². The number of carbonyl (C=O) groups excluding carboxylic acids is 3. The van der Waals surface area contributed by atoms with Crippen molar-refractivity contribution in [2.75, 3.05) is 26.7 Å². The molecule has 3 aromatic carbocycles. The third kappa shape index (κ3) is 5.58. The molecule has 2 saturated heterocycles. The van der Waals surface area contributed by atoms with Gasteiger partial charge in [0.1, 0.15) is 12.2 Å². The summed E-state index contributed by atoms with van der Waals surface area (Å²) in [6.07, 6.45) is -0.612. The van der Waals surface area contributed by atoms with Gasteiger partial charge in [-0.05, 0) is 22.6 Å². The first-order valence-corrected chi connectivity index (χ1v) is 13.9. The first kappa shape index (κ1) is 27.4. The number of benzene rings is 3. The molecule has 2 aliphatic rings. The molecule has 5 rings (SSSR count). The van der Waals surface area contributed by atoms with Crippen molar-refractivity contribution in [2.45, 2.75) is 38.5 Å². The highest BCUT2D eigenvalue weighted by molar-refractivity contribution is 5.91. The minimum absolute atomic E-state index is 0.0302. The van der Waals surface area contributed by atoms with Crippen LogP contribution in [0.5, 0.6) is 0 Å². The zero-order valence-electron chi connectivity index (χ0n) is 23.3. The van der Waals surface area contributed by atoms with Crippen LogP contribution in [0, 0.1) is 5.92 Å². The fraction of sp³-hybridized carbons (Fsp3) is 0.344. The number of piperazine rings is 1. The number of rotatable bonds is 7. The van der Waals surface area contributed by atoms with Gasteiger partial charge in [-0.3, -0.25) is 9.59 Å². The monoisotopic (exact) mass is 539 g/mol. The van der Waals surface area contributed by atoms with Crippen molar-refractivity contribution in [1.29, 1.82) is 0 Å². The third-order valence-corrected chi connectivity index (χ3v) is 7.80. The number of urea groups is 1. The Labute approximate surface area is 236 Å². The Morgan fingerprint density at radius 2 is 1.43 bits per heavy atom. The molecule has 0 radical (unpaired) electrons. The van der Waals surface area contributed by atoms with Crippen LogP contribution in [-0.4, -0.2) is 76.6 Å². The summed E-state index contributed by atoms with van der Waals surface area (Å²) in [7, 11) is 1.75. The van der Waals surface area contributed by atoms with E-state index in [1.165, 1.54) is 0 Å². The normalized spacial score (nSPS) is 19.8. The van der Waals surface area contributed by atoms with Gasteiger partial charge in [0, 0.05) is 26.1 Å². The maximum absolute atomic E-state index is 14.0. The maximum atomic E-state index is 14.0. The second-order valence-corrected chi connectivity index (χ2v) is 10.9. The van der Waals surface area contributed by atoms with E-state index in [0.717, 1.165) is 16.7 Å². The van der Waals surface area contributed by atoms with Crippen molar-refractivity contribution in [3.05, 3.63) is 108 Å². The van der Waals surface area contributed by atoms with Gasteiger partial charge in [-0.25, -0.2) is 14.8 Å². The van der Waals surface area contributed by atoms with Crippen LogP contribution in [0.1, 0.15) is 36.5 Å². The molecule has 2 aliphatic heterocycles. The second kappa shape index (κ2) is 11.9. The molecule has 8 nitrogen and oxygen atoms in total. The van der Waals surface area contributed by atoms with Crippen LogP contribution < -0.4 is 5.32 Å². The average Bonchev–Trinajstić information content (AvgIpc) is 2.96. The number of amides is 4. The smallest absolute Gasteiger partial charge is 0.334 e. The van der Waals surface area contributed by atoms with Crippen LogP contribution >= 0.6 is 0 Å². The van der Waals surface area contributed by atoms with Gasteiger partial charge < -0.3 is 15.1 Å². The van der Waals surface area contributed by atoms with Gasteiger partial charge in [0.15, 0.2) is 0 Å². The summed E-state index contributed by atoms with van der Waals surface area (Å²) in [5.41, 5.74) is 3.20. The minimum atomic E-state index is -0.656. The third-order valence-electron chi connectivity index (χ3n) is 7.80. The van der Waals surface area contributed by atoms with Gasteiger partial charge in [-0.2, -0.15) is 0 Å². The van der Waals surface area contributed by atoms with Crippen molar-refractivity contribution < 1.29 is 14.4 Å². The van der Waals surface area contributed by atoms with E-state index in [1.807, 2.05) is 85.5 Å². The Balaban J connectivity index is 1.46. The topological polar surface area (TPSA) is 76.2 Å². The summed E-state index contributed by atoms with van der Waals surface area (Å²) in [5.74, 6) is -0.394. The molecule has 0 spiro atoms. The van der Waals surface area contributed by atoms with Crippen molar-refractivity contribution in [3.63, 3.8) is 0 Å². The van der Waals surface area contributed by atoms with E-state index in [0.29, 0.717) is 13.1 Å². The fourth-order valence-electron chi connectivity index (χ4n) is 5.87. The molecule has 8 heteroatoms. The molecule has 2 heterocycles. The summed E-state index contributed by atoms with van der Waals surface area (Å²) in [5, 5.41) is 6.29. The zero-order valence-corrected chi connectivity index (χ0v) is 23.3. The van der Waals surface area contributed by atoms with E-state index < -0.39 is 12.2 Å². The molecule has 0 aliphatic carbocycles. The van der Waals surface area contributed by atoms with Crippen molar-refractivity contribution >= 4 is 17.8 Å². The van der Waals surface area contributed by atoms with E-state index in [2.05, 4.69) is 29.6 Å². The van der Waals surface area contributed by atoms with E-state index in [9.17, 15) is 14.4 Å². The van der Waals surface area contributed by atoms with Gasteiger partial charge in [0.25, 0.3) is 0 Å². The lowest BCUT2D eigenvalue weighted by Crippen LogP contribution is -2.76. The summed E-state index contributed by atoms with van der Waals surface area (Å²) in [6, 6.07) is 29.1. The zero-order chi connectivity index (χ0) is 28.2. The molecule has 0 saturated carbocycles. The largest absolute Gasteiger partial charge is 0.336 e. The number of hydrazine groups is 1. The van der Waals surface area contributed by atoms with Gasteiger partial charge in [-0.15, -0.1) is 0 Å². The Kier molecular flexibility index (Phi) is 8.16. The summed E-state index contributed by atoms with van der Waals surface area (Å²) >= 11 is 0. The number of fused-ring (bicyclic) bond motifs is 1. The van der Waals surface area contributed by atoms with Gasteiger partial charge in [0.05, 0.1) is 13.1 Å². The number of likely N-dealkylation sites (N-methyl/N-ethyl adjacent to an activating group) is 1. The lowest BCUT2D eigenvalue weighted by molar-refractivity contribution is -0.190. The van der Waals surface area contributed by atoms with Crippen LogP contribution in [0.4, 0.5) is 4.79 Å². The highest BCUT2D eigenvalue weighted by Gasteiger charge is 2.51. The molecule has 208 valence electrons. The Morgan fingerprint density at radius 3 is 1.98 bits per heavy atom. The highest BCUT2D eigenvalue weighted by Crippen LogP contribution is 2.32. The van der Waals surface area contributed by atoms with Crippen molar-refractivity contribution in [2.24, 2.45) is 5.92 Å². The predicted octanol–water partition coefficient (Wildman–Crippen LogP) is 3.91. The molecule has 40 heavy (non-hydrogen) atoms. The molecule has 3 aromatic rings. The lowest BCUT2D eigenvalue weighted by Gasteiger charge is -2.55. The molecule has 0 bridgehead atoms. The second-order valence-electron chi connectivity index (χ2n) is 10.9. The summed E-state index contributed by atoms with van der Waals surface area (Å²) in [4.78, 5) is 44.5. The minimum Gasteiger partial charge on any atom is -0.336 e. The van der Waals surface area contributed by atoms with E-state index in [1.54, 1.807) is 22.0 Å². The van der Waals surface area contributed by atoms with Gasteiger partial charge in [-0.1, -0.05) is 105 Å². The lowest BCUT2D eigenvalue weighted by atomic mass is 9.89. The first-order chi connectivity index (χ1) is 19.3. The molecule has 0 unspecified atom stereocenters. The number of nitrogens with one attached hydrogen (secondary N) is 1.